The summed E-state index contributed by atoms with van der Waals surface area (Å²) in [4.78, 5) is 15.9. The average molecular weight is 850 g/mol. The summed E-state index contributed by atoms with van der Waals surface area (Å²) in [7, 11) is 0. The summed E-state index contributed by atoms with van der Waals surface area (Å²) in [5, 5.41) is 5.22. The molecule has 2 aliphatic rings. The molecule has 0 saturated heterocycles. The Bertz CT molecular complexity index is 3670. The molecule has 13 rings (SSSR count). The van der Waals surface area contributed by atoms with Crippen molar-refractivity contribution in [3.05, 3.63) is 210 Å². The first-order valence-corrected chi connectivity index (χ1v) is 23.3. The number of rotatable bonds is 5. The van der Waals surface area contributed by atoms with Gasteiger partial charge in [0.2, 0.25) is 0 Å². The number of nitrogens with zero attached hydrogens (tertiary/aromatic N) is 3. The van der Waals surface area contributed by atoms with Crippen LogP contribution >= 0.6 is 11.3 Å². The van der Waals surface area contributed by atoms with Crippen molar-refractivity contribution in [1.82, 2.24) is 15.0 Å². The third kappa shape index (κ3) is 5.77. The van der Waals surface area contributed by atoms with Crippen molar-refractivity contribution in [2.75, 3.05) is 0 Å². The number of hydrogen-bond acceptors (Lipinski definition) is 4. The van der Waals surface area contributed by atoms with E-state index in [4.69, 9.17) is 15.0 Å². The average Bonchev–Trinajstić information content (AvgIpc) is 3.94. The van der Waals surface area contributed by atoms with Crippen molar-refractivity contribution in [3.63, 3.8) is 0 Å². The molecule has 0 bridgehead atoms. The van der Waals surface area contributed by atoms with E-state index in [0.717, 1.165) is 27.8 Å². The maximum atomic E-state index is 5.31. The lowest BCUT2D eigenvalue weighted by Crippen LogP contribution is -2.15. The van der Waals surface area contributed by atoms with Crippen LogP contribution in [0.3, 0.4) is 0 Å². The molecule has 0 spiro atoms. The highest BCUT2D eigenvalue weighted by molar-refractivity contribution is 7.26. The van der Waals surface area contributed by atoms with Crippen LogP contribution in [0, 0.1) is 0 Å². The highest BCUT2D eigenvalue weighted by atomic mass is 32.1. The largest absolute Gasteiger partial charge is 0.208 e. The lowest BCUT2D eigenvalue weighted by molar-refractivity contribution is 0.660. The highest BCUT2D eigenvalue weighted by Gasteiger charge is 2.37. The van der Waals surface area contributed by atoms with Gasteiger partial charge in [-0.2, -0.15) is 0 Å². The number of aromatic nitrogens is 3. The van der Waals surface area contributed by atoms with E-state index in [-0.39, 0.29) is 10.8 Å². The van der Waals surface area contributed by atoms with Crippen molar-refractivity contribution >= 4 is 42.3 Å². The van der Waals surface area contributed by atoms with Crippen LogP contribution in [-0.2, 0) is 10.8 Å². The van der Waals surface area contributed by atoms with Crippen LogP contribution in [0.2, 0.25) is 0 Å². The van der Waals surface area contributed by atoms with Crippen LogP contribution in [0.25, 0.3) is 110 Å². The van der Waals surface area contributed by atoms with E-state index in [1.165, 1.54) is 86.6 Å². The van der Waals surface area contributed by atoms with Crippen molar-refractivity contribution in [2.45, 2.75) is 38.5 Å². The van der Waals surface area contributed by atoms with Crippen molar-refractivity contribution in [3.8, 4) is 78.7 Å². The zero-order chi connectivity index (χ0) is 43.6. The monoisotopic (exact) mass is 849 g/mol. The zero-order valence-electron chi connectivity index (χ0n) is 36.6. The first kappa shape index (κ1) is 38.0. The van der Waals surface area contributed by atoms with Crippen molar-refractivity contribution in [1.29, 1.82) is 0 Å². The minimum Gasteiger partial charge on any atom is -0.208 e. The lowest BCUT2D eigenvalue weighted by Gasteiger charge is -2.22. The van der Waals surface area contributed by atoms with Gasteiger partial charge in [-0.05, 0) is 108 Å². The Balaban J connectivity index is 0.937. The maximum Gasteiger partial charge on any atom is 0.164 e. The van der Waals surface area contributed by atoms with Crippen LogP contribution in [0.4, 0.5) is 0 Å². The summed E-state index contributed by atoms with van der Waals surface area (Å²) >= 11 is 1.88. The van der Waals surface area contributed by atoms with Gasteiger partial charge in [0.1, 0.15) is 0 Å². The minimum atomic E-state index is -0.152. The smallest absolute Gasteiger partial charge is 0.164 e. The Morgan fingerprint density at radius 1 is 0.338 bits per heavy atom. The summed E-state index contributed by atoms with van der Waals surface area (Å²) in [6.45, 7) is 9.28. The van der Waals surface area contributed by atoms with Gasteiger partial charge in [-0.25, -0.2) is 15.0 Å². The predicted molar refractivity (Wildman–Crippen MR) is 273 cm³/mol. The van der Waals surface area contributed by atoms with E-state index >= 15 is 0 Å². The third-order valence-corrected chi connectivity index (χ3v) is 15.5. The molecule has 2 heterocycles. The number of benzene rings is 9. The molecule has 0 N–H and O–H groups in total. The van der Waals surface area contributed by atoms with E-state index in [0.29, 0.717) is 17.5 Å². The zero-order valence-corrected chi connectivity index (χ0v) is 37.5. The van der Waals surface area contributed by atoms with Crippen LogP contribution in [-0.4, -0.2) is 15.0 Å². The summed E-state index contributed by atoms with van der Waals surface area (Å²) in [5.41, 5.74) is 17.7. The molecule has 9 aromatic carbocycles. The standard InChI is InChI=1S/C61H43N3S/c1-60(2)50-24-9-7-20-45(50)47-29-26-41(34-52(47)60)58-62-57(63-59(64-58)42-27-30-48-46-21-8-10-25-51(46)61(3,4)53(48)35-42)40-18-12-16-38(33-40)37-15-11-17-39(32-37)44-22-13-23-49-55-43-19-6-5-14-36(43)28-31-54(55)65-56(44)49/h5-35H,1-4H3. The number of thiophene rings is 1. The molecular formula is C61H43N3S. The van der Waals surface area contributed by atoms with Gasteiger partial charge in [-0.3, -0.25) is 0 Å². The molecule has 4 heteroatoms. The van der Waals surface area contributed by atoms with Gasteiger partial charge in [0.25, 0.3) is 0 Å². The molecule has 11 aromatic rings. The van der Waals surface area contributed by atoms with E-state index in [1.54, 1.807) is 0 Å². The normalized spacial score (nSPS) is 14.1. The third-order valence-electron chi connectivity index (χ3n) is 14.3. The Hall–Kier alpha value is -7.53. The van der Waals surface area contributed by atoms with E-state index in [2.05, 4.69) is 216 Å². The molecule has 0 atom stereocenters. The second-order valence-electron chi connectivity index (χ2n) is 18.8. The van der Waals surface area contributed by atoms with Crippen LogP contribution in [0.5, 0.6) is 0 Å². The van der Waals surface area contributed by atoms with Crippen molar-refractivity contribution < 1.29 is 0 Å². The molecular weight excluding hydrogens is 807 g/mol. The van der Waals surface area contributed by atoms with Crippen LogP contribution in [0.1, 0.15) is 49.9 Å². The molecule has 0 fully saturated rings. The maximum absolute atomic E-state index is 5.31. The van der Waals surface area contributed by atoms with Crippen LogP contribution in [0.15, 0.2) is 188 Å². The molecule has 0 radical (unpaired) electrons. The first-order valence-electron chi connectivity index (χ1n) is 22.5. The second kappa shape index (κ2) is 14.0. The minimum absolute atomic E-state index is 0.152. The van der Waals surface area contributed by atoms with E-state index < -0.39 is 0 Å². The molecule has 3 nitrogen and oxygen atoms in total. The van der Waals surface area contributed by atoms with Gasteiger partial charge in [0.15, 0.2) is 17.5 Å². The number of hydrogen-bond donors (Lipinski definition) is 0. The summed E-state index contributed by atoms with van der Waals surface area (Å²) in [6, 6.07) is 68.7. The van der Waals surface area contributed by atoms with Gasteiger partial charge < -0.3 is 0 Å². The highest BCUT2D eigenvalue weighted by Crippen LogP contribution is 2.51. The molecule has 65 heavy (non-hydrogen) atoms. The fourth-order valence-corrected chi connectivity index (χ4v) is 12.2. The van der Waals surface area contributed by atoms with E-state index in [9.17, 15) is 0 Å². The van der Waals surface area contributed by atoms with Gasteiger partial charge in [-0.15, -0.1) is 11.3 Å². The quantitative estimate of drug-likeness (QED) is 0.173. The summed E-state index contributed by atoms with van der Waals surface area (Å²) in [6.07, 6.45) is 0. The molecule has 0 unspecified atom stereocenters. The molecule has 2 aliphatic carbocycles. The Morgan fingerprint density at radius 3 is 1.43 bits per heavy atom. The summed E-state index contributed by atoms with van der Waals surface area (Å²) < 4.78 is 2.63. The number of fused-ring (bicyclic) bond motifs is 11. The SMILES string of the molecule is CC1(C)c2ccccc2-c2ccc(-c3nc(-c4cccc(-c5cccc(-c6cccc7c6sc6ccc8ccccc8c67)c5)c4)nc(-c4ccc5c(c4)C(C)(C)c4ccccc4-5)n3)cc21. The molecule has 2 aromatic heterocycles. The fraction of sp³-hybridized carbons (Fsp3) is 0.0984. The second-order valence-corrected chi connectivity index (χ2v) is 19.8. The Morgan fingerprint density at radius 2 is 0.800 bits per heavy atom. The van der Waals surface area contributed by atoms with Gasteiger partial charge in [0, 0.05) is 47.7 Å². The first-order chi connectivity index (χ1) is 31.7. The summed E-state index contributed by atoms with van der Waals surface area (Å²) in [5.74, 6) is 1.98. The van der Waals surface area contributed by atoms with E-state index in [1.807, 2.05) is 11.3 Å². The predicted octanol–water partition coefficient (Wildman–Crippen LogP) is 16.3. The topological polar surface area (TPSA) is 38.7 Å². The van der Waals surface area contributed by atoms with Gasteiger partial charge in [-0.1, -0.05) is 185 Å². The lowest BCUT2D eigenvalue weighted by atomic mass is 9.82. The molecule has 0 aliphatic heterocycles. The Kier molecular flexibility index (Phi) is 8.17. The van der Waals surface area contributed by atoms with Gasteiger partial charge in [0.05, 0.1) is 0 Å². The Labute approximate surface area is 382 Å². The van der Waals surface area contributed by atoms with Gasteiger partial charge >= 0.3 is 0 Å². The van der Waals surface area contributed by atoms with Crippen molar-refractivity contribution in [2.24, 2.45) is 0 Å². The molecule has 0 amide bonds. The fourth-order valence-electron chi connectivity index (χ4n) is 10.9. The molecule has 308 valence electrons. The van der Waals surface area contributed by atoms with Crippen LogP contribution < -0.4 is 0 Å². The molecule has 0 saturated carbocycles.